The van der Waals surface area contributed by atoms with Gasteiger partial charge in [0.2, 0.25) is 5.88 Å². The minimum atomic E-state index is -4.10. The van der Waals surface area contributed by atoms with Gasteiger partial charge in [-0.05, 0) is 19.1 Å². The van der Waals surface area contributed by atoms with Gasteiger partial charge < -0.3 is 4.74 Å². The predicted molar refractivity (Wildman–Crippen MR) is 89.3 cm³/mol. The van der Waals surface area contributed by atoms with E-state index in [1.807, 2.05) is 0 Å². The first kappa shape index (κ1) is 16.7. The van der Waals surface area contributed by atoms with Crippen LogP contribution in [0.1, 0.15) is 5.56 Å². The zero-order valence-electron chi connectivity index (χ0n) is 12.5. The molecule has 24 heavy (non-hydrogen) atoms. The Hall–Kier alpha value is -2.10. The molecule has 0 spiro atoms. The highest BCUT2D eigenvalue weighted by atomic mass is 35.5. The maximum atomic E-state index is 12.5. The SMILES string of the molecule is COc1nc2nc(S(=O)(=O)Nc3c(Cl)cccc3Cl)nn2cc1C. The van der Waals surface area contributed by atoms with E-state index in [-0.39, 0.29) is 21.5 Å². The molecule has 3 rings (SSSR count). The Balaban J connectivity index is 2.05. The third-order valence-corrected chi connectivity index (χ3v) is 4.84. The molecule has 1 aromatic carbocycles. The smallest absolute Gasteiger partial charge is 0.299 e. The van der Waals surface area contributed by atoms with Crippen LogP contribution in [0.15, 0.2) is 29.6 Å². The van der Waals surface area contributed by atoms with Gasteiger partial charge in [0.25, 0.3) is 21.0 Å². The second kappa shape index (κ2) is 6.08. The highest BCUT2D eigenvalue weighted by Crippen LogP contribution is 2.31. The van der Waals surface area contributed by atoms with Crippen molar-refractivity contribution in [2.75, 3.05) is 11.8 Å². The summed E-state index contributed by atoms with van der Waals surface area (Å²) in [6.07, 6.45) is 1.57. The zero-order valence-corrected chi connectivity index (χ0v) is 14.8. The minimum absolute atomic E-state index is 0.0569. The van der Waals surface area contributed by atoms with E-state index >= 15 is 0 Å². The number of para-hydroxylation sites is 1. The van der Waals surface area contributed by atoms with Crippen LogP contribution in [0.4, 0.5) is 5.69 Å². The van der Waals surface area contributed by atoms with Crippen LogP contribution in [-0.4, -0.2) is 35.1 Å². The largest absolute Gasteiger partial charge is 0.481 e. The van der Waals surface area contributed by atoms with E-state index in [0.29, 0.717) is 11.4 Å². The third kappa shape index (κ3) is 2.97. The first-order chi connectivity index (χ1) is 11.3. The number of halogens is 2. The highest BCUT2D eigenvalue weighted by Gasteiger charge is 2.24. The lowest BCUT2D eigenvalue weighted by Crippen LogP contribution is -2.15. The van der Waals surface area contributed by atoms with Crippen LogP contribution in [0.3, 0.4) is 0 Å². The summed E-state index contributed by atoms with van der Waals surface area (Å²) >= 11 is 12.0. The van der Waals surface area contributed by atoms with E-state index in [1.165, 1.54) is 23.8 Å². The van der Waals surface area contributed by atoms with Gasteiger partial charge in [0.1, 0.15) is 0 Å². The maximum absolute atomic E-state index is 12.5. The number of sulfonamides is 1. The van der Waals surface area contributed by atoms with Gasteiger partial charge in [-0.1, -0.05) is 29.3 Å². The summed E-state index contributed by atoms with van der Waals surface area (Å²) in [6, 6.07) is 4.63. The number of nitrogens with one attached hydrogen (secondary N) is 1. The van der Waals surface area contributed by atoms with Crippen molar-refractivity contribution >= 4 is 44.7 Å². The molecule has 0 aliphatic rings. The van der Waals surface area contributed by atoms with E-state index in [1.54, 1.807) is 19.2 Å². The Morgan fingerprint density at radius 3 is 2.50 bits per heavy atom. The zero-order chi connectivity index (χ0) is 17.5. The first-order valence-electron chi connectivity index (χ1n) is 6.56. The van der Waals surface area contributed by atoms with Crippen molar-refractivity contribution in [3.63, 3.8) is 0 Å². The standard InChI is InChI=1S/C13H11Cl2N5O3S/c1-7-6-20-12(16-11(7)23-2)17-13(18-20)24(21,22)19-10-8(14)4-3-5-9(10)15/h3-6,19H,1-2H3. The lowest BCUT2D eigenvalue weighted by molar-refractivity contribution is 0.394. The number of methoxy groups -OCH3 is 1. The molecule has 8 nitrogen and oxygen atoms in total. The molecule has 0 saturated heterocycles. The number of rotatable bonds is 4. The van der Waals surface area contributed by atoms with Gasteiger partial charge in [0.15, 0.2) is 0 Å². The van der Waals surface area contributed by atoms with Gasteiger partial charge in [-0.25, -0.2) is 4.52 Å². The maximum Gasteiger partial charge on any atom is 0.299 e. The molecule has 1 N–H and O–H groups in total. The summed E-state index contributed by atoms with van der Waals surface area (Å²) in [6.45, 7) is 1.75. The predicted octanol–water partition coefficient (Wildman–Crippen LogP) is 2.55. The van der Waals surface area contributed by atoms with E-state index < -0.39 is 15.2 Å². The third-order valence-electron chi connectivity index (χ3n) is 3.08. The summed E-state index contributed by atoms with van der Waals surface area (Å²) in [4.78, 5) is 8.01. The number of ether oxygens (including phenoxy) is 1. The van der Waals surface area contributed by atoms with Crippen LogP contribution in [0.5, 0.6) is 5.88 Å². The molecule has 126 valence electrons. The van der Waals surface area contributed by atoms with Gasteiger partial charge >= 0.3 is 0 Å². The van der Waals surface area contributed by atoms with Crippen molar-refractivity contribution < 1.29 is 13.2 Å². The van der Waals surface area contributed by atoms with Crippen molar-refractivity contribution in [3.8, 4) is 5.88 Å². The molecule has 0 radical (unpaired) electrons. The fourth-order valence-corrected chi connectivity index (χ4v) is 3.55. The van der Waals surface area contributed by atoms with Crippen molar-refractivity contribution in [2.45, 2.75) is 12.1 Å². The molecular formula is C13H11Cl2N5O3S. The summed E-state index contributed by atoms with van der Waals surface area (Å²) < 4.78 is 33.6. The Bertz CT molecular complexity index is 1020. The van der Waals surface area contributed by atoms with Crippen LogP contribution < -0.4 is 9.46 Å². The summed E-state index contributed by atoms with van der Waals surface area (Å²) in [5, 5.41) is 3.78. The Kier molecular flexibility index (Phi) is 4.24. The van der Waals surface area contributed by atoms with E-state index in [0.717, 1.165) is 0 Å². The molecule has 0 amide bonds. The molecule has 0 aliphatic carbocycles. The number of fused-ring (bicyclic) bond motifs is 1. The fourth-order valence-electron chi connectivity index (χ4n) is 1.97. The van der Waals surface area contributed by atoms with Crippen LogP contribution in [0.25, 0.3) is 5.78 Å². The van der Waals surface area contributed by atoms with Crippen molar-refractivity contribution in [1.29, 1.82) is 0 Å². The molecule has 0 unspecified atom stereocenters. The van der Waals surface area contributed by atoms with Crippen LogP contribution >= 0.6 is 23.2 Å². The number of aromatic nitrogens is 4. The molecule has 0 atom stereocenters. The van der Waals surface area contributed by atoms with Gasteiger partial charge in [0, 0.05) is 11.8 Å². The summed E-state index contributed by atoms with van der Waals surface area (Å²) in [7, 11) is -2.64. The first-order valence-corrected chi connectivity index (χ1v) is 8.80. The number of benzene rings is 1. The second-order valence-corrected chi connectivity index (χ2v) is 7.16. The topological polar surface area (TPSA) is 98.5 Å². The molecule has 0 fully saturated rings. The highest BCUT2D eigenvalue weighted by molar-refractivity contribution is 7.92. The summed E-state index contributed by atoms with van der Waals surface area (Å²) in [5.74, 6) is 0.420. The van der Waals surface area contributed by atoms with Gasteiger partial charge in [-0.15, -0.1) is 5.10 Å². The molecule has 3 aromatic rings. The number of anilines is 1. The molecule has 2 heterocycles. The monoisotopic (exact) mass is 387 g/mol. The van der Waals surface area contributed by atoms with Gasteiger partial charge in [-0.2, -0.15) is 18.4 Å². The number of nitrogens with zero attached hydrogens (tertiary/aromatic N) is 4. The summed E-state index contributed by atoms with van der Waals surface area (Å²) in [5.41, 5.74) is 0.738. The molecule has 0 saturated carbocycles. The Morgan fingerprint density at radius 1 is 1.21 bits per heavy atom. The quantitative estimate of drug-likeness (QED) is 0.738. The average molecular weight is 388 g/mol. The minimum Gasteiger partial charge on any atom is -0.481 e. The molecular weight excluding hydrogens is 377 g/mol. The van der Waals surface area contributed by atoms with E-state index in [9.17, 15) is 8.42 Å². The van der Waals surface area contributed by atoms with E-state index in [4.69, 9.17) is 27.9 Å². The van der Waals surface area contributed by atoms with Crippen LogP contribution in [-0.2, 0) is 10.0 Å². The molecule has 2 aromatic heterocycles. The fraction of sp³-hybridized carbons (Fsp3) is 0.154. The lowest BCUT2D eigenvalue weighted by atomic mass is 10.3. The van der Waals surface area contributed by atoms with Crippen molar-refractivity contribution in [2.24, 2.45) is 0 Å². The average Bonchev–Trinajstić information content (AvgIpc) is 2.94. The molecule has 0 bridgehead atoms. The molecule has 11 heteroatoms. The number of hydrogen-bond acceptors (Lipinski definition) is 6. The second-order valence-electron chi connectivity index (χ2n) is 4.77. The lowest BCUT2D eigenvalue weighted by Gasteiger charge is -2.08. The van der Waals surface area contributed by atoms with Gasteiger partial charge in [0.05, 0.1) is 22.8 Å². The normalized spacial score (nSPS) is 11.7. The van der Waals surface area contributed by atoms with Crippen LogP contribution in [0.2, 0.25) is 10.0 Å². The Labute approximate surface area is 147 Å². The number of hydrogen-bond donors (Lipinski definition) is 1. The van der Waals surface area contributed by atoms with Crippen molar-refractivity contribution in [1.82, 2.24) is 19.6 Å². The van der Waals surface area contributed by atoms with Crippen LogP contribution in [0, 0.1) is 6.92 Å². The molecule has 0 aliphatic heterocycles. The van der Waals surface area contributed by atoms with Gasteiger partial charge in [-0.3, -0.25) is 4.72 Å². The van der Waals surface area contributed by atoms with Crippen molar-refractivity contribution in [3.05, 3.63) is 40.0 Å². The van der Waals surface area contributed by atoms with E-state index in [2.05, 4.69) is 19.8 Å². The number of aryl methyl sites for hydroxylation is 1. The Morgan fingerprint density at radius 2 is 1.88 bits per heavy atom.